The van der Waals surface area contributed by atoms with E-state index in [2.05, 4.69) is 12.2 Å². The highest BCUT2D eigenvalue weighted by molar-refractivity contribution is 7.98. The molecular formula is C19H21Cl2NO2S. The van der Waals surface area contributed by atoms with Crippen LogP contribution in [0.3, 0.4) is 0 Å². The third-order valence-electron chi connectivity index (χ3n) is 3.37. The van der Waals surface area contributed by atoms with Crippen LogP contribution in [0.5, 0.6) is 5.75 Å². The van der Waals surface area contributed by atoms with E-state index in [1.54, 1.807) is 30.0 Å². The summed E-state index contributed by atoms with van der Waals surface area (Å²) in [6.45, 7) is 3.35. The lowest BCUT2D eigenvalue weighted by atomic mass is 10.2. The smallest absolute Gasteiger partial charge is 0.251 e. The van der Waals surface area contributed by atoms with Crippen LogP contribution in [0.4, 0.5) is 0 Å². The zero-order valence-electron chi connectivity index (χ0n) is 14.1. The van der Waals surface area contributed by atoms with Gasteiger partial charge in [-0.2, -0.15) is 11.8 Å². The molecular weight excluding hydrogens is 377 g/mol. The van der Waals surface area contributed by atoms with E-state index < -0.39 is 0 Å². The first-order valence-electron chi connectivity index (χ1n) is 8.13. The summed E-state index contributed by atoms with van der Waals surface area (Å²) in [5.41, 5.74) is 1.76. The molecule has 0 fully saturated rings. The van der Waals surface area contributed by atoms with Gasteiger partial charge in [-0.3, -0.25) is 4.79 Å². The number of nitrogens with one attached hydrogen (secondary N) is 1. The number of carbonyl (C=O) groups excluding carboxylic acids is 1. The monoisotopic (exact) mass is 397 g/mol. The van der Waals surface area contributed by atoms with E-state index in [1.807, 2.05) is 24.3 Å². The van der Waals surface area contributed by atoms with E-state index >= 15 is 0 Å². The first kappa shape index (κ1) is 20.0. The van der Waals surface area contributed by atoms with E-state index in [0.717, 1.165) is 29.2 Å². The summed E-state index contributed by atoms with van der Waals surface area (Å²) in [7, 11) is 0. The third kappa shape index (κ3) is 6.81. The fraction of sp³-hybridized carbons (Fsp3) is 0.316. The van der Waals surface area contributed by atoms with Crippen LogP contribution in [0.15, 0.2) is 42.5 Å². The standard InChI is InChI=1S/C19H21Cl2NO2S/c1-2-10-24-16-6-4-15(5-7-16)19(23)22-9-11-25-13-14-3-8-17(20)18(21)12-14/h3-8,12H,2,9-11,13H2,1H3,(H,22,23). The predicted octanol–water partition coefficient (Wildman–Crippen LogP) is 5.45. The maximum atomic E-state index is 12.1. The molecule has 3 nitrogen and oxygen atoms in total. The highest BCUT2D eigenvalue weighted by atomic mass is 35.5. The van der Waals surface area contributed by atoms with Crippen molar-refractivity contribution in [2.24, 2.45) is 0 Å². The lowest BCUT2D eigenvalue weighted by Crippen LogP contribution is -2.25. The fourth-order valence-electron chi connectivity index (χ4n) is 2.08. The first-order chi connectivity index (χ1) is 12.1. The van der Waals surface area contributed by atoms with Crippen molar-refractivity contribution >= 4 is 40.9 Å². The van der Waals surface area contributed by atoms with Gasteiger partial charge in [-0.25, -0.2) is 0 Å². The van der Waals surface area contributed by atoms with Crippen LogP contribution in [0, 0.1) is 0 Å². The highest BCUT2D eigenvalue weighted by Gasteiger charge is 2.05. The van der Waals surface area contributed by atoms with Crippen molar-refractivity contribution in [3.05, 3.63) is 63.6 Å². The second kappa shape index (κ2) is 10.6. The van der Waals surface area contributed by atoms with Crippen LogP contribution >= 0.6 is 35.0 Å². The van der Waals surface area contributed by atoms with Gasteiger partial charge in [-0.15, -0.1) is 0 Å². The maximum Gasteiger partial charge on any atom is 0.251 e. The SMILES string of the molecule is CCCOc1ccc(C(=O)NCCSCc2ccc(Cl)c(Cl)c2)cc1. The molecule has 0 saturated heterocycles. The van der Waals surface area contributed by atoms with Gasteiger partial charge in [0.25, 0.3) is 5.91 Å². The molecule has 0 aliphatic rings. The molecule has 0 radical (unpaired) electrons. The Morgan fingerprint density at radius 1 is 1.12 bits per heavy atom. The molecule has 1 N–H and O–H groups in total. The van der Waals surface area contributed by atoms with E-state index in [4.69, 9.17) is 27.9 Å². The number of benzene rings is 2. The van der Waals surface area contributed by atoms with Gasteiger partial charge in [0.1, 0.15) is 5.75 Å². The number of thioether (sulfide) groups is 1. The number of amides is 1. The number of rotatable bonds is 9. The molecule has 25 heavy (non-hydrogen) atoms. The van der Waals surface area contributed by atoms with Crippen molar-refractivity contribution < 1.29 is 9.53 Å². The van der Waals surface area contributed by atoms with Crippen LogP contribution in [0.1, 0.15) is 29.3 Å². The molecule has 0 heterocycles. The van der Waals surface area contributed by atoms with Crippen molar-refractivity contribution in [2.75, 3.05) is 18.9 Å². The Labute approximate surface area is 163 Å². The summed E-state index contributed by atoms with van der Waals surface area (Å²) in [5.74, 6) is 2.37. The summed E-state index contributed by atoms with van der Waals surface area (Å²) in [4.78, 5) is 12.1. The molecule has 0 bridgehead atoms. The highest BCUT2D eigenvalue weighted by Crippen LogP contribution is 2.24. The summed E-state index contributed by atoms with van der Waals surface area (Å²) in [5, 5.41) is 4.05. The van der Waals surface area contributed by atoms with Gasteiger partial charge in [0, 0.05) is 23.6 Å². The summed E-state index contributed by atoms with van der Waals surface area (Å²) in [6.07, 6.45) is 0.960. The average molecular weight is 398 g/mol. The number of hydrogen-bond donors (Lipinski definition) is 1. The molecule has 0 aromatic heterocycles. The quantitative estimate of drug-likeness (QED) is 0.571. The summed E-state index contributed by atoms with van der Waals surface area (Å²) < 4.78 is 5.51. The number of hydrogen-bond acceptors (Lipinski definition) is 3. The summed E-state index contributed by atoms with van der Waals surface area (Å²) in [6, 6.07) is 12.8. The zero-order valence-corrected chi connectivity index (χ0v) is 16.4. The Hall–Kier alpha value is -1.36. The molecule has 2 aromatic rings. The predicted molar refractivity (Wildman–Crippen MR) is 107 cm³/mol. The van der Waals surface area contributed by atoms with Crippen LogP contribution in [0.2, 0.25) is 10.0 Å². The molecule has 0 atom stereocenters. The van der Waals surface area contributed by atoms with Crippen LogP contribution < -0.4 is 10.1 Å². The Kier molecular flexibility index (Phi) is 8.45. The molecule has 0 aliphatic carbocycles. The minimum atomic E-state index is -0.0721. The summed E-state index contributed by atoms with van der Waals surface area (Å²) >= 11 is 13.6. The van der Waals surface area contributed by atoms with Crippen LogP contribution in [-0.4, -0.2) is 24.8 Å². The van der Waals surface area contributed by atoms with Gasteiger partial charge in [0.2, 0.25) is 0 Å². The number of ether oxygens (including phenoxy) is 1. The number of halogens is 2. The van der Waals surface area contributed by atoms with Crippen molar-refractivity contribution in [1.82, 2.24) is 5.32 Å². The zero-order chi connectivity index (χ0) is 18.1. The average Bonchev–Trinajstić information content (AvgIpc) is 2.63. The molecule has 134 valence electrons. The van der Waals surface area contributed by atoms with E-state index in [0.29, 0.717) is 28.8 Å². The molecule has 0 unspecified atom stereocenters. The van der Waals surface area contributed by atoms with E-state index in [-0.39, 0.29) is 5.91 Å². The third-order valence-corrected chi connectivity index (χ3v) is 5.14. The van der Waals surface area contributed by atoms with Crippen LogP contribution in [-0.2, 0) is 5.75 Å². The second-order valence-corrected chi connectivity index (χ2v) is 7.35. The van der Waals surface area contributed by atoms with Crippen molar-refractivity contribution in [1.29, 1.82) is 0 Å². The fourth-order valence-corrected chi connectivity index (χ4v) is 3.21. The Morgan fingerprint density at radius 2 is 1.88 bits per heavy atom. The van der Waals surface area contributed by atoms with Crippen molar-refractivity contribution in [2.45, 2.75) is 19.1 Å². The Bertz CT molecular complexity index is 692. The molecule has 2 rings (SSSR count). The largest absolute Gasteiger partial charge is 0.494 e. The van der Waals surface area contributed by atoms with Gasteiger partial charge < -0.3 is 10.1 Å². The van der Waals surface area contributed by atoms with Gasteiger partial charge in [-0.05, 0) is 48.4 Å². The lowest BCUT2D eigenvalue weighted by Gasteiger charge is -2.08. The van der Waals surface area contributed by atoms with Gasteiger partial charge >= 0.3 is 0 Å². The Morgan fingerprint density at radius 3 is 2.56 bits per heavy atom. The van der Waals surface area contributed by atoms with Gasteiger partial charge in [-0.1, -0.05) is 36.2 Å². The lowest BCUT2D eigenvalue weighted by molar-refractivity contribution is 0.0956. The second-order valence-electron chi connectivity index (χ2n) is 5.43. The minimum absolute atomic E-state index is 0.0721. The molecule has 6 heteroatoms. The first-order valence-corrected chi connectivity index (χ1v) is 10.0. The number of carbonyl (C=O) groups is 1. The molecule has 0 aliphatic heterocycles. The topological polar surface area (TPSA) is 38.3 Å². The minimum Gasteiger partial charge on any atom is -0.494 e. The van der Waals surface area contributed by atoms with Crippen molar-refractivity contribution in [3.8, 4) is 5.75 Å². The van der Waals surface area contributed by atoms with Crippen molar-refractivity contribution in [3.63, 3.8) is 0 Å². The van der Waals surface area contributed by atoms with E-state index in [9.17, 15) is 4.79 Å². The molecule has 0 saturated carbocycles. The normalized spacial score (nSPS) is 10.5. The van der Waals surface area contributed by atoms with E-state index in [1.165, 1.54) is 0 Å². The van der Waals surface area contributed by atoms with Crippen LogP contribution in [0.25, 0.3) is 0 Å². The molecule has 0 spiro atoms. The Balaban J connectivity index is 1.68. The van der Waals surface area contributed by atoms with Gasteiger partial charge in [0.15, 0.2) is 0 Å². The maximum absolute atomic E-state index is 12.1. The molecule has 1 amide bonds. The van der Waals surface area contributed by atoms with Gasteiger partial charge in [0.05, 0.1) is 16.7 Å². The molecule has 2 aromatic carbocycles.